The number of hydrogen-bond acceptors (Lipinski definition) is 4. The van der Waals surface area contributed by atoms with Crippen LogP contribution in [-0.4, -0.2) is 46.5 Å². The van der Waals surface area contributed by atoms with Gasteiger partial charge in [-0.15, -0.1) is 0 Å². The van der Waals surface area contributed by atoms with Crippen LogP contribution >= 0.6 is 0 Å². The van der Waals surface area contributed by atoms with E-state index in [1.54, 1.807) is 36.9 Å². The Bertz CT molecular complexity index is 698. The van der Waals surface area contributed by atoms with Crippen molar-refractivity contribution in [1.29, 1.82) is 0 Å². The van der Waals surface area contributed by atoms with E-state index in [0.29, 0.717) is 17.0 Å². The number of hydrogen-bond donors (Lipinski definition) is 2. The van der Waals surface area contributed by atoms with Crippen molar-refractivity contribution in [1.82, 2.24) is 4.90 Å². The summed E-state index contributed by atoms with van der Waals surface area (Å²) in [6.45, 7) is 3.36. The number of anilines is 1. The van der Waals surface area contributed by atoms with Gasteiger partial charge in [0.25, 0.3) is 11.8 Å². The molecule has 1 saturated carbocycles. The smallest absolute Gasteiger partial charge is 0.308 e. The lowest BCUT2D eigenvalue weighted by molar-refractivity contribution is -0.141. The number of carboxylic acid groups (broad SMARTS) is 1. The third kappa shape index (κ3) is 3.06. The summed E-state index contributed by atoms with van der Waals surface area (Å²) in [6, 6.07) is 5.08. The first-order valence-corrected chi connectivity index (χ1v) is 8.02. The first-order chi connectivity index (χ1) is 11.4. The van der Waals surface area contributed by atoms with E-state index in [-0.39, 0.29) is 24.4 Å². The van der Waals surface area contributed by atoms with Crippen LogP contribution in [0.5, 0.6) is 5.75 Å². The van der Waals surface area contributed by atoms with Crippen molar-refractivity contribution < 1.29 is 24.2 Å². The predicted octanol–water partition coefficient (Wildman–Crippen LogP) is 1.73. The van der Waals surface area contributed by atoms with Gasteiger partial charge in [0, 0.05) is 12.6 Å². The predicted molar refractivity (Wildman–Crippen MR) is 86.0 cm³/mol. The molecule has 1 aromatic rings. The van der Waals surface area contributed by atoms with E-state index in [1.165, 1.54) is 0 Å². The highest BCUT2D eigenvalue weighted by Crippen LogP contribution is 2.36. The highest BCUT2D eigenvalue weighted by Gasteiger charge is 2.37. The maximum Gasteiger partial charge on any atom is 0.308 e. The van der Waals surface area contributed by atoms with Gasteiger partial charge >= 0.3 is 5.97 Å². The van der Waals surface area contributed by atoms with E-state index in [4.69, 9.17) is 9.84 Å². The number of carboxylic acids is 1. The highest BCUT2D eigenvalue weighted by atomic mass is 16.5. The minimum atomic E-state index is -0.930. The summed E-state index contributed by atoms with van der Waals surface area (Å²) in [6.07, 6.45) is 1.07. The minimum Gasteiger partial charge on any atom is -0.481 e. The molecule has 7 heteroatoms. The second kappa shape index (κ2) is 6.14. The molecule has 2 atom stereocenters. The van der Waals surface area contributed by atoms with Gasteiger partial charge in [-0.1, -0.05) is 13.0 Å². The highest BCUT2D eigenvalue weighted by molar-refractivity contribution is 6.04. The molecule has 2 aliphatic rings. The van der Waals surface area contributed by atoms with Gasteiger partial charge in [-0.3, -0.25) is 14.4 Å². The fourth-order valence-corrected chi connectivity index (χ4v) is 2.71. The molecule has 3 rings (SSSR count). The molecule has 1 aliphatic heterocycles. The van der Waals surface area contributed by atoms with Gasteiger partial charge < -0.3 is 20.1 Å². The van der Waals surface area contributed by atoms with E-state index in [0.717, 1.165) is 12.8 Å². The molecular weight excluding hydrogens is 312 g/mol. The molecule has 24 heavy (non-hydrogen) atoms. The molecule has 1 heterocycles. The van der Waals surface area contributed by atoms with E-state index in [2.05, 4.69) is 5.32 Å². The number of fused-ring (bicyclic) bond motifs is 1. The SMILES string of the molecule is CC(CN(C(=O)c1cccc2c1OC(C)C(=O)N2)C1CC1)C(=O)O. The van der Waals surface area contributed by atoms with Crippen LogP contribution in [0.1, 0.15) is 37.0 Å². The van der Waals surface area contributed by atoms with Gasteiger partial charge in [-0.2, -0.15) is 0 Å². The third-order valence-electron chi connectivity index (χ3n) is 4.31. The van der Waals surface area contributed by atoms with Crippen LogP contribution in [0.25, 0.3) is 0 Å². The van der Waals surface area contributed by atoms with Crippen molar-refractivity contribution in [3.8, 4) is 5.75 Å². The van der Waals surface area contributed by atoms with Crippen LogP contribution in [0.15, 0.2) is 18.2 Å². The van der Waals surface area contributed by atoms with Crippen molar-refractivity contribution >= 4 is 23.5 Å². The standard InChI is InChI=1S/C17H20N2O5/c1-9(17(22)23)8-19(11-6-7-11)16(21)12-4-3-5-13-14(12)24-10(2)15(20)18-13/h3-5,9-11H,6-8H2,1-2H3,(H,18,20)(H,22,23). The quantitative estimate of drug-likeness (QED) is 0.856. The Morgan fingerprint density at radius 1 is 1.42 bits per heavy atom. The topological polar surface area (TPSA) is 95.9 Å². The summed E-state index contributed by atoms with van der Waals surface area (Å²) < 4.78 is 5.62. The summed E-state index contributed by atoms with van der Waals surface area (Å²) in [5, 5.41) is 11.9. The van der Waals surface area contributed by atoms with Crippen LogP contribution in [0.2, 0.25) is 0 Å². The molecule has 1 aromatic carbocycles. The van der Waals surface area contributed by atoms with Crippen LogP contribution in [0.4, 0.5) is 5.69 Å². The molecule has 0 spiro atoms. The Labute approximate surface area is 139 Å². The number of para-hydroxylation sites is 1. The molecule has 2 N–H and O–H groups in total. The Hall–Kier alpha value is -2.57. The number of rotatable bonds is 5. The Morgan fingerprint density at radius 2 is 2.12 bits per heavy atom. The van der Waals surface area contributed by atoms with Gasteiger partial charge in [0.1, 0.15) is 0 Å². The first-order valence-electron chi connectivity index (χ1n) is 8.02. The molecule has 7 nitrogen and oxygen atoms in total. The van der Waals surface area contributed by atoms with Crippen molar-refractivity contribution in [2.24, 2.45) is 5.92 Å². The summed E-state index contributed by atoms with van der Waals surface area (Å²) in [7, 11) is 0. The van der Waals surface area contributed by atoms with Gasteiger partial charge in [0.05, 0.1) is 17.2 Å². The van der Waals surface area contributed by atoms with Crippen LogP contribution in [-0.2, 0) is 9.59 Å². The third-order valence-corrected chi connectivity index (χ3v) is 4.31. The van der Waals surface area contributed by atoms with E-state index in [1.807, 2.05) is 0 Å². The van der Waals surface area contributed by atoms with Gasteiger partial charge in [0.15, 0.2) is 11.9 Å². The minimum absolute atomic E-state index is 0.0748. The summed E-state index contributed by atoms with van der Waals surface area (Å²) in [4.78, 5) is 37.4. The Morgan fingerprint density at radius 3 is 2.75 bits per heavy atom. The molecule has 0 saturated heterocycles. The second-order valence-electron chi connectivity index (χ2n) is 6.36. The fraction of sp³-hybridized carbons (Fsp3) is 0.471. The number of carbonyl (C=O) groups excluding carboxylic acids is 2. The first kappa shape index (κ1) is 16.3. The van der Waals surface area contributed by atoms with E-state index < -0.39 is 18.0 Å². The van der Waals surface area contributed by atoms with Gasteiger partial charge in [-0.05, 0) is 31.9 Å². The molecule has 0 aromatic heterocycles. The van der Waals surface area contributed by atoms with Crippen molar-refractivity contribution in [2.75, 3.05) is 11.9 Å². The number of ether oxygens (including phenoxy) is 1. The second-order valence-corrected chi connectivity index (χ2v) is 6.36. The number of nitrogens with zero attached hydrogens (tertiary/aromatic N) is 1. The maximum atomic E-state index is 13.0. The lowest BCUT2D eigenvalue weighted by atomic mass is 10.1. The van der Waals surface area contributed by atoms with Crippen LogP contribution in [0, 0.1) is 5.92 Å². The Kier molecular flexibility index (Phi) is 4.17. The molecule has 128 valence electrons. The number of amides is 2. The number of nitrogens with one attached hydrogen (secondary N) is 1. The molecule has 0 bridgehead atoms. The fourth-order valence-electron chi connectivity index (χ4n) is 2.71. The zero-order valence-electron chi connectivity index (χ0n) is 13.6. The number of aliphatic carboxylic acids is 1. The zero-order chi connectivity index (χ0) is 17.4. The maximum absolute atomic E-state index is 13.0. The average molecular weight is 332 g/mol. The van der Waals surface area contributed by atoms with Crippen LogP contribution < -0.4 is 10.1 Å². The molecule has 0 radical (unpaired) electrons. The van der Waals surface area contributed by atoms with Crippen LogP contribution in [0.3, 0.4) is 0 Å². The lowest BCUT2D eigenvalue weighted by Gasteiger charge is -2.28. The van der Waals surface area contributed by atoms with Gasteiger partial charge in [-0.25, -0.2) is 0 Å². The normalized spacial score (nSPS) is 20.4. The van der Waals surface area contributed by atoms with E-state index >= 15 is 0 Å². The lowest BCUT2D eigenvalue weighted by Crippen LogP contribution is -2.40. The van der Waals surface area contributed by atoms with Crippen molar-refractivity contribution in [3.63, 3.8) is 0 Å². The monoisotopic (exact) mass is 332 g/mol. The van der Waals surface area contributed by atoms with Gasteiger partial charge in [0.2, 0.25) is 0 Å². The number of carbonyl (C=O) groups is 3. The number of benzene rings is 1. The summed E-state index contributed by atoms with van der Waals surface area (Å²) in [5.41, 5.74) is 0.815. The average Bonchev–Trinajstić information content (AvgIpc) is 3.37. The molecule has 1 aliphatic carbocycles. The molecular formula is C17H20N2O5. The molecule has 2 unspecified atom stereocenters. The molecule has 1 fully saturated rings. The van der Waals surface area contributed by atoms with E-state index in [9.17, 15) is 14.4 Å². The Balaban J connectivity index is 1.90. The summed E-state index contributed by atoms with van der Waals surface area (Å²) in [5.74, 6) is -1.74. The zero-order valence-corrected chi connectivity index (χ0v) is 13.6. The van der Waals surface area contributed by atoms with Crippen molar-refractivity contribution in [2.45, 2.75) is 38.8 Å². The largest absolute Gasteiger partial charge is 0.481 e. The molecule has 2 amide bonds. The van der Waals surface area contributed by atoms with Crippen molar-refractivity contribution in [3.05, 3.63) is 23.8 Å². The summed E-state index contributed by atoms with van der Waals surface area (Å²) >= 11 is 0.